The molecule has 2 aromatic rings. The van der Waals surface area contributed by atoms with Gasteiger partial charge in [-0.25, -0.2) is 4.98 Å². The Kier molecular flexibility index (Phi) is 5.43. The van der Waals surface area contributed by atoms with Crippen molar-refractivity contribution >= 4 is 29.1 Å². The molecule has 1 amide bonds. The van der Waals surface area contributed by atoms with Crippen LogP contribution in [-0.4, -0.2) is 34.2 Å². The monoisotopic (exact) mass is 318 g/mol. The smallest absolute Gasteiger partial charge is 0.250 e. The van der Waals surface area contributed by atoms with Gasteiger partial charge in [0.25, 0.3) is 5.91 Å². The minimum Gasteiger partial charge on any atom is -0.354 e. The van der Waals surface area contributed by atoms with Crippen LogP contribution in [0.15, 0.2) is 42.9 Å². The number of ketones is 1. The maximum atomic E-state index is 12.6. The standard InChI is InChI=1S/C15H15ClN4O2/c1-2-18-15(22)13(20-12-9-17-7-8-19-12)14(21)10-5-3-4-6-11(10)16/h3-9,13H,2H2,1H3,(H,18,22)(H,19,20). The van der Waals surface area contributed by atoms with Gasteiger partial charge < -0.3 is 10.6 Å². The molecule has 0 saturated heterocycles. The molecule has 2 rings (SSSR count). The predicted molar refractivity (Wildman–Crippen MR) is 83.9 cm³/mol. The summed E-state index contributed by atoms with van der Waals surface area (Å²) in [6.45, 7) is 2.19. The number of rotatable bonds is 6. The summed E-state index contributed by atoms with van der Waals surface area (Å²) in [4.78, 5) is 32.7. The number of anilines is 1. The van der Waals surface area contributed by atoms with Gasteiger partial charge in [-0.05, 0) is 19.1 Å². The molecule has 0 radical (unpaired) electrons. The second kappa shape index (κ2) is 7.51. The largest absolute Gasteiger partial charge is 0.354 e. The number of hydrogen-bond donors (Lipinski definition) is 2. The maximum Gasteiger partial charge on any atom is 0.250 e. The molecule has 2 N–H and O–H groups in total. The van der Waals surface area contributed by atoms with Crippen LogP contribution in [0.3, 0.4) is 0 Å². The highest BCUT2D eigenvalue weighted by Gasteiger charge is 2.28. The summed E-state index contributed by atoms with van der Waals surface area (Å²) in [5.41, 5.74) is 0.275. The van der Waals surface area contributed by atoms with Crippen molar-refractivity contribution < 1.29 is 9.59 Å². The fraction of sp³-hybridized carbons (Fsp3) is 0.200. The summed E-state index contributed by atoms with van der Waals surface area (Å²) < 4.78 is 0. The van der Waals surface area contributed by atoms with E-state index in [4.69, 9.17) is 11.6 Å². The summed E-state index contributed by atoms with van der Waals surface area (Å²) in [5, 5.41) is 5.71. The third kappa shape index (κ3) is 3.79. The highest BCUT2D eigenvalue weighted by Crippen LogP contribution is 2.18. The average Bonchev–Trinajstić information content (AvgIpc) is 2.53. The minimum atomic E-state index is -1.13. The van der Waals surface area contributed by atoms with Crippen molar-refractivity contribution in [2.75, 3.05) is 11.9 Å². The molecule has 0 aliphatic heterocycles. The number of carbonyl (C=O) groups is 2. The third-order valence-electron chi connectivity index (χ3n) is 2.87. The van der Waals surface area contributed by atoms with Crippen molar-refractivity contribution in [3.63, 3.8) is 0 Å². The van der Waals surface area contributed by atoms with Gasteiger partial charge in [-0.15, -0.1) is 0 Å². The molecular weight excluding hydrogens is 304 g/mol. The summed E-state index contributed by atoms with van der Waals surface area (Å²) in [6, 6.07) is 5.46. The number of nitrogens with zero attached hydrogens (tertiary/aromatic N) is 2. The van der Waals surface area contributed by atoms with Crippen molar-refractivity contribution in [3.8, 4) is 0 Å². The normalized spacial score (nSPS) is 11.5. The van der Waals surface area contributed by atoms with Crippen molar-refractivity contribution in [1.29, 1.82) is 0 Å². The number of halogens is 1. The first kappa shape index (κ1) is 15.9. The number of carbonyl (C=O) groups excluding carboxylic acids is 2. The summed E-state index contributed by atoms with van der Waals surface area (Å²) >= 11 is 6.04. The Morgan fingerprint density at radius 2 is 2.05 bits per heavy atom. The quantitative estimate of drug-likeness (QED) is 0.628. The molecular formula is C15H15ClN4O2. The predicted octanol–water partition coefficient (Wildman–Crippen LogP) is 1.93. The number of aromatic nitrogens is 2. The van der Waals surface area contributed by atoms with Gasteiger partial charge in [0, 0.05) is 24.5 Å². The summed E-state index contributed by atoms with van der Waals surface area (Å²) in [5.74, 6) is -0.542. The Morgan fingerprint density at radius 1 is 1.27 bits per heavy atom. The first-order valence-corrected chi connectivity index (χ1v) is 7.10. The van der Waals surface area contributed by atoms with Gasteiger partial charge in [0.15, 0.2) is 11.8 Å². The van der Waals surface area contributed by atoms with Crippen LogP contribution in [0, 0.1) is 0 Å². The second-order valence-corrected chi connectivity index (χ2v) is 4.81. The molecule has 1 atom stereocenters. The van der Waals surface area contributed by atoms with Crippen LogP contribution in [-0.2, 0) is 4.79 Å². The van der Waals surface area contributed by atoms with Gasteiger partial charge in [0.2, 0.25) is 0 Å². The van der Waals surface area contributed by atoms with Crippen LogP contribution in [0.25, 0.3) is 0 Å². The van der Waals surface area contributed by atoms with E-state index in [1.165, 1.54) is 18.6 Å². The third-order valence-corrected chi connectivity index (χ3v) is 3.20. The van der Waals surface area contributed by atoms with Gasteiger partial charge >= 0.3 is 0 Å². The molecule has 0 fully saturated rings. The van der Waals surface area contributed by atoms with Crippen molar-refractivity contribution in [1.82, 2.24) is 15.3 Å². The number of amides is 1. The van der Waals surface area contributed by atoms with Crippen LogP contribution in [0.4, 0.5) is 5.82 Å². The first-order chi connectivity index (χ1) is 10.6. The van der Waals surface area contributed by atoms with Crippen LogP contribution in [0.5, 0.6) is 0 Å². The highest BCUT2D eigenvalue weighted by atomic mass is 35.5. The van der Waals surface area contributed by atoms with E-state index in [1.54, 1.807) is 31.2 Å². The SMILES string of the molecule is CCNC(=O)C(Nc1cnccn1)C(=O)c1ccccc1Cl. The highest BCUT2D eigenvalue weighted by molar-refractivity contribution is 6.35. The van der Waals surface area contributed by atoms with Gasteiger partial charge in [0.1, 0.15) is 5.82 Å². The fourth-order valence-corrected chi connectivity index (χ4v) is 2.09. The Balaban J connectivity index is 2.30. The van der Waals surface area contributed by atoms with Crippen LogP contribution >= 0.6 is 11.6 Å². The van der Waals surface area contributed by atoms with Gasteiger partial charge in [-0.3, -0.25) is 14.6 Å². The molecule has 0 saturated carbocycles. The lowest BCUT2D eigenvalue weighted by atomic mass is 10.0. The lowest BCUT2D eigenvalue weighted by molar-refractivity contribution is -0.120. The van der Waals surface area contributed by atoms with Gasteiger partial charge in [-0.2, -0.15) is 0 Å². The number of nitrogens with one attached hydrogen (secondary N) is 2. The minimum absolute atomic E-state index is 0.275. The van der Waals surface area contributed by atoms with Crippen molar-refractivity contribution in [3.05, 3.63) is 53.4 Å². The number of benzene rings is 1. The van der Waals surface area contributed by atoms with Crippen molar-refractivity contribution in [2.24, 2.45) is 0 Å². The zero-order chi connectivity index (χ0) is 15.9. The number of likely N-dealkylation sites (N-methyl/N-ethyl adjacent to an activating group) is 1. The molecule has 22 heavy (non-hydrogen) atoms. The van der Waals surface area contributed by atoms with E-state index < -0.39 is 17.7 Å². The van der Waals surface area contributed by atoms with E-state index >= 15 is 0 Å². The van der Waals surface area contributed by atoms with Crippen LogP contribution < -0.4 is 10.6 Å². The molecule has 1 heterocycles. The van der Waals surface area contributed by atoms with Crippen molar-refractivity contribution in [2.45, 2.75) is 13.0 Å². The molecule has 1 unspecified atom stereocenters. The lowest BCUT2D eigenvalue weighted by Crippen LogP contribution is -2.45. The average molecular weight is 319 g/mol. The van der Waals surface area contributed by atoms with Gasteiger partial charge in [0.05, 0.1) is 11.2 Å². The Bertz CT molecular complexity index is 664. The number of hydrogen-bond acceptors (Lipinski definition) is 5. The van der Waals surface area contributed by atoms with E-state index in [9.17, 15) is 9.59 Å². The summed E-state index contributed by atoms with van der Waals surface area (Å²) in [6.07, 6.45) is 4.41. The zero-order valence-electron chi connectivity index (χ0n) is 11.9. The van der Waals surface area contributed by atoms with Gasteiger partial charge in [-0.1, -0.05) is 23.7 Å². The van der Waals surface area contributed by atoms with E-state index in [0.717, 1.165) is 0 Å². The number of Topliss-reactive ketones (excluding diaryl/α,β-unsaturated/α-hetero) is 1. The zero-order valence-corrected chi connectivity index (χ0v) is 12.7. The van der Waals surface area contributed by atoms with Crippen LogP contribution in [0.1, 0.15) is 17.3 Å². The Hall–Kier alpha value is -2.47. The van der Waals surface area contributed by atoms with E-state index in [2.05, 4.69) is 20.6 Å². The van der Waals surface area contributed by atoms with E-state index in [1.807, 2.05) is 0 Å². The Labute approximate surface area is 132 Å². The molecule has 1 aromatic heterocycles. The molecule has 114 valence electrons. The maximum absolute atomic E-state index is 12.6. The Morgan fingerprint density at radius 3 is 2.68 bits per heavy atom. The summed E-state index contributed by atoms with van der Waals surface area (Å²) in [7, 11) is 0. The molecule has 7 heteroatoms. The topological polar surface area (TPSA) is 84.0 Å². The second-order valence-electron chi connectivity index (χ2n) is 4.41. The molecule has 0 spiro atoms. The van der Waals surface area contributed by atoms with E-state index in [0.29, 0.717) is 17.4 Å². The molecule has 6 nitrogen and oxygen atoms in total. The first-order valence-electron chi connectivity index (χ1n) is 6.72. The fourth-order valence-electron chi connectivity index (χ4n) is 1.86. The molecule has 0 bridgehead atoms. The lowest BCUT2D eigenvalue weighted by Gasteiger charge is -2.17. The van der Waals surface area contributed by atoms with Crippen LogP contribution in [0.2, 0.25) is 5.02 Å². The molecule has 0 aliphatic rings. The molecule has 0 aliphatic carbocycles. The molecule has 1 aromatic carbocycles. The van der Waals surface area contributed by atoms with E-state index in [-0.39, 0.29) is 5.56 Å².